The average molecular weight is 571 g/mol. The lowest BCUT2D eigenvalue weighted by molar-refractivity contribution is -0.148. The fourth-order valence-corrected chi connectivity index (χ4v) is 6.78. The minimum atomic E-state index is -3.28. The molecule has 2 N–H and O–H groups in total. The zero-order chi connectivity index (χ0) is 28.9. The Morgan fingerprint density at radius 1 is 1.20 bits per heavy atom. The van der Waals surface area contributed by atoms with Gasteiger partial charge in [-0.3, -0.25) is 18.6 Å². The number of esters is 1. The van der Waals surface area contributed by atoms with Crippen LogP contribution in [-0.4, -0.2) is 53.6 Å². The molecule has 218 valence electrons. The van der Waals surface area contributed by atoms with Crippen LogP contribution in [0, 0.1) is 12.8 Å². The van der Waals surface area contributed by atoms with Gasteiger partial charge in [0.05, 0.1) is 24.8 Å². The van der Waals surface area contributed by atoms with Crippen molar-refractivity contribution in [3.8, 4) is 5.75 Å². The Morgan fingerprint density at radius 3 is 2.67 bits per heavy atom. The highest BCUT2D eigenvalue weighted by Crippen LogP contribution is 2.57. The maximum absolute atomic E-state index is 12.9. The zero-order valence-corrected chi connectivity index (χ0v) is 24.9. The summed E-state index contributed by atoms with van der Waals surface area (Å²) in [4.78, 5) is 13.3. The van der Waals surface area contributed by atoms with Crippen molar-refractivity contribution in [2.75, 3.05) is 13.2 Å². The first-order chi connectivity index (χ1) is 19.2. The lowest BCUT2D eigenvalue weighted by atomic mass is 9.82. The Labute approximate surface area is 239 Å². The number of fused-ring (bicyclic) bond motifs is 1. The highest BCUT2D eigenvalue weighted by atomic mass is 32.3. The maximum atomic E-state index is 12.9. The third kappa shape index (κ3) is 6.68. The predicted molar refractivity (Wildman–Crippen MR) is 156 cm³/mol. The summed E-state index contributed by atoms with van der Waals surface area (Å²) in [6.45, 7) is 11.6. The summed E-state index contributed by atoms with van der Waals surface area (Å²) in [6.07, 6.45) is 3.88. The van der Waals surface area contributed by atoms with Crippen LogP contribution in [0.4, 0.5) is 0 Å². The van der Waals surface area contributed by atoms with E-state index in [-0.39, 0.29) is 23.9 Å². The third-order valence-corrected chi connectivity index (χ3v) is 9.62. The topological polar surface area (TPSA) is 110 Å². The SMILES string of the molecule is CCOC(=O)C(C)C(CCc1cn(CC)nn1)c1ccc(C)c(CN2C[C@@H](CC)Oc3ccccc3S2(O)O)c1. The fourth-order valence-electron chi connectivity index (χ4n) is 5.16. The quantitative estimate of drug-likeness (QED) is 0.262. The van der Waals surface area contributed by atoms with Crippen molar-refractivity contribution in [3.05, 3.63) is 71.0 Å². The third-order valence-electron chi connectivity index (χ3n) is 7.69. The van der Waals surface area contributed by atoms with Crippen LogP contribution in [0.3, 0.4) is 0 Å². The molecule has 9 nitrogen and oxygen atoms in total. The summed E-state index contributed by atoms with van der Waals surface area (Å²) in [5.74, 6) is -0.180. The summed E-state index contributed by atoms with van der Waals surface area (Å²) >= 11 is 0. The molecule has 1 aromatic heterocycles. The number of benzene rings is 2. The number of rotatable bonds is 11. The van der Waals surface area contributed by atoms with Crippen LogP contribution in [-0.2, 0) is 29.0 Å². The standard InChI is InChI=1S/C30H42N4O5S/c1-6-26-20-34(40(36,37)29-12-10-9-11-28(29)39-26)18-24-17-23(14-13-21(24)4)27(22(5)30(35)38-8-3)16-15-25-19-33(7-2)32-31-25/h9-14,17,19,22,26-27,36-37H,6-8,15-16,18,20H2,1-5H3/t22?,26-,27?/m1/s1. The second kappa shape index (κ2) is 13.2. The van der Waals surface area contributed by atoms with Gasteiger partial charge in [-0.25, -0.2) is 0 Å². The lowest BCUT2D eigenvalue weighted by Crippen LogP contribution is -2.34. The molecule has 0 fully saturated rings. The molecular formula is C30H42N4O5S. The van der Waals surface area contributed by atoms with Crippen LogP contribution in [0.15, 0.2) is 53.6 Å². The summed E-state index contributed by atoms with van der Waals surface area (Å²) in [6, 6.07) is 13.4. The van der Waals surface area contributed by atoms with Gasteiger partial charge in [-0.1, -0.05) is 49.4 Å². The molecule has 4 rings (SSSR count). The minimum absolute atomic E-state index is 0.109. The molecule has 1 aliphatic rings. The van der Waals surface area contributed by atoms with Crippen molar-refractivity contribution < 1.29 is 23.4 Å². The summed E-state index contributed by atoms with van der Waals surface area (Å²) < 4.78 is 38.0. The molecule has 3 atom stereocenters. The zero-order valence-electron chi connectivity index (χ0n) is 24.1. The Morgan fingerprint density at radius 2 is 1.98 bits per heavy atom. The highest BCUT2D eigenvalue weighted by Gasteiger charge is 2.35. The van der Waals surface area contributed by atoms with E-state index in [9.17, 15) is 13.9 Å². The summed E-state index contributed by atoms with van der Waals surface area (Å²) in [7, 11) is -3.28. The van der Waals surface area contributed by atoms with E-state index in [1.54, 1.807) is 27.2 Å². The van der Waals surface area contributed by atoms with Gasteiger partial charge >= 0.3 is 5.97 Å². The van der Waals surface area contributed by atoms with Crippen LogP contribution in [0.25, 0.3) is 0 Å². The normalized spacial score (nSPS) is 19.1. The number of aromatic nitrogens is 3. The molecule has 10 heteroatoms. The van der Waals surface area contributed by atoms with E-state index < -0.39 is 10.8 Å². The molecule has 0 amide bonds. The molecule has 0 spiro atoms. The van der Waals surface area contributed by atoms with Crippen molar-refractivity contribution in [1.82, 2.24) is 19.3 Å². The molecule has 2 aromatic carbocycles. The molecule has 0 bridgehead atoms. The maximum Gasteiger partial charge on any atom is 0.309 e. The van der Waals surface area contributed by atoms with Crippen molar-refractivity contribution in [2.45, 2.75) is 83.9 Å². The van der Waals surface area contributed by atoms with Gasteiger partial charge in [-0.05, 0) is 74.8 Å². The molecular weight excluding hydrogens is 528 g/mol. The average Bonchev–Trinajstić information content (AvgIpc) is 3.38. The number of hydrogen-bond donors (Lipinski definition) is 2. The van der Waals surface area contributed by atoms with Crippen LogP contribution in [0.5, 0.6) is 5.75 Å². The lowest BCUT2D eigenvalue weighted by Gasteiger charge is -2.42. The number of aryl methyl sites for hydroxylation is 3. The van der Waals surface area contributed by atoms with E-state index in [1.807, 2.05) is 52.9 Å². The number of carbonyl (C=O) groups is 1. The van der Waals surface area contributed by atoms with E-state index in [4.69, 9.17) is 9.47 Å². The fraction of sp³-hybridized carbons (Fsp3) is 0.500. The highest BCUT2D eigenvalue weighted by molar-refractivity contribution is 8.22. The Balaban J connectivity index is 1.65. The van der Waals surface area contributed by atoms with Gasteiger partial charge < -0.3 is 9.47 Å². The molecule has 0 saturated carbocycles. The molecule has 3 aromatic rings. The smallest absolute Gasteiger partial charge is 0.309 e. The van der Waals surface area contributed by atoms with Gasteiger partial charge in [0, 0.05) is 19.3 Å². The van der Waals surface area contributed by atoms with Gasteiger partial charge in [0.25, 0.3) is 0 Å². The van der Waals surface area contributed by atoms with Crippen LogP contribution < -0.4 is 4.74 Å². The van der Waals surface area contributed by atoms with E-state index in [2.05, 4.69) is 22.4 Å². The first kappa shape index (κ1) is 30.0. The van der Waals surface area contributed by atoms with Crippen molar-refractivity contribution in [1.29, 1.82) is 0 Å². The Bertz CT molecular complexity index is 1300. The second-order valence-electron chi connectivity index (χ2n) is 10.4. The van der Waals surface area contributed by atoms with Gasteiger partial charge in [-0.2, -0.15) is 4.31 Å². The van der Waals surface area contributed by atoms with Gasteiger partial charge in [0.2, 0.25) is 0 Å². The molecule has 0 aliphatic carbocycles. The molecule has 40 heavy (non-hydrogen) atoms. The minimum Gasteiger partial charge on any atom is -0.487 e. The van der Waals surface area contributed by atoms with E-state index >= 15 is 0 Å². The monoisotopic (exact) mass is 570 g/mol. The second-order valence-corrected chi connectivity index (χ2v) is 12.4. The Kier molecular flexibility index (Phi) is 9.89. The van der Waals surface area contributed by atoms with E-state index in [0.717, 1.165) is 35.3 Å². The van der Waals surface area contributed by atoms with Gasteiger partial charge in [0.15, 0.2) is 0 Å². The van der Waals surface area contributed by atoms with Crippen molar-refractivity contribution in [3.63, 3.8) is 0 Å². The molecule has 1 aliphatic heterocycles. The Hall–Kier alpha value is -2.92. The number of carbonyl (C=O) groups excluding carboxylic acids is 1. The van der Waals surface area contributed by atoms with Crippen molar-refractivity contribution in [2.24, 2.45) is 5.92 Å². The molecule has 0 radical (unpaired) electrons. The largest absolute Gasteiger partial charge is 0.487 e. The van der Waals surface area contributed by atoms with Crippen molar-refractivity contribution >= 4 is 16.7 Å². The van der Waals surface area contributed by atoms with Gasteiger partial charge in [0.1, 0.15) is 16.7 Å². The molecule has 2 unspecified atom stereocenters. The molecule has 2 heterocycles. The number of para-hydroxylation sites is 1. The van der Waals surface area contributed by atoms with E-state index in [0.29, 0.717) is 43.2 Å². The van der Waals surface area contributed by atoms with Gasteiger partial charge in [-0.15, -0.1) is 15.9 Å². The first-order valence-corrected chi connectivity index (χ1v) is 15.6. The number of ether oxygens (including phenoxy) is 2. The van der Waals surface area contributed by atoms with Crippen LogP contribution >= 0.6 is 10.8 Å². The van der Waals surface area contributed by atoms with Crippen LogP contribution in [0.1, 0.15) is 68.8 Å². The number of hydrogen-bond acceptors (Lipinski definition) is 8. The summed E-state index contributed by atoms with van der Waals surface area (Å²) in [5.41, 5.74) is 3.92. The molecule has 0 saturated heterocycles. The first-order valence-electron chi connectivity index (χ1n) is 14.1. The van der Waals surface area contributed by atoms with Crippen LogP contribution in [0.2, 0.25) is 0 Å². The van der Waals surface area contributed by atoms with E-state index in [1.165, 1.54) is 0 Å². The number of nitrogens with zero attached hydrogens (tertiary/aromatic N) is 4. The summed E-state index contributed by atoms with van der Waals surface area (Å²) in [5, 5.41) is 8.44. The predicted octanol–water partition coefficient (Wildman–Crippen LogP) is 6.22.